The van der Waals surface area contributed by atoms with Crippen LogP contribution in [0, 0.1) is 0 Å². The van der Waals surface area contributed by atoms with Crippen molar-refractivity contribution < 1.29 is 0 Å². The fourth-order valence-electron chi connectivity index (χ4n) is 12.0. The number of hydrogen-bond donors (Lipinski definition) is 0. The van der Waals surface area contributed by atoms with Gasteiger partial charge >= 0.3 is 0 Å². The van der Waals surface area contributed by atoms with Crippen LogP contribution in [0.3, 0.4) is 0 Å². The Kier molecular flexibility index (Phi) is 8.63. The first kappa shape index (κ1) is 38.4. The topological polar surface area (TPSA) is 3.24 Å². The predicted molar refractivity (Wildman–Crippen MR) is 282 cm³/mol. The number of anilines is 3. The summed E-state index contributed by atoms with van der Waals surface area (Å²) in [5.74, 6) is 0.379. The minimum atomic E-state index is -0.448. The molecule has 1 heterocycles. The Morgan fingerprint density at radius 3 is 1.76 bits per heavy atom. The molecule has 0 bridgehead atoms. The summed E-state index contributed by atoms with van der Waals surface area (Å²) in [6, 6.07) is 86.2. The van der Waals surface area contributed by atoms with Crippen LogP contribution in [0.1, 0.15) is 39.3 Å². The van der Waals surface area contributed by atoms with E-state index in [1.807, 2.05) is 11.8 Å². The van der Waals surface area contributed by atoms with Crippen molar-refractivity contribution in [1.82, 2.24) is 0 Å². The molecule has 0 aromatic heterocycles. The smallest absolute Gasteiger partial charge is 0.0726 e. The van der Waals surface area contributed by atoms with E-state index in [0.29, 0.717) is 11.2 Å². The van der Waals surface area contributed by atoms with E-state index in [1.165, 1.54) is 99.1 Å². The van der Waals surface area contributed by atoms with Crippen LogP contribution in [-0.4, -0.2) is 5.25 Å². The van der Waals surface area contributed by atoms with Crippen molar-refractivity contribution in [2.75, 3.05) is 4.90 Å². The Labute approximate surface area is 396 Å². The molecule has 2 atom stereocenters. The summed E-state index contributed by atoms with van der Waals surface area (Å²) in [6.07, 6.45) is 6.98. The number of nitrogens with zero attached hydrogens (tertiary/aromatic N) is 1. The van der Waals surface area contributed by atoms with E-state index >= 15 is 0 Å². The molecule has 10 aromatic rings. The lowest BCUT2D eigenvalue weighted by Crippen LogP contribution is -2.26. The molecule has 0 fully saturated rings. The van der Waals surface area contributed by atoms with Gasteiger partial charge in [0.2, 0.25) is 0 Å². The molecule has 0 radical (unpaired) electrons. The number of fused-ring (bicyclic) bond motifs is 14. The Bertz CT molecular complexity index is 3630. The fourth-order valence-corrected chi connectivity index (χ4v) is 13.5. The third kappa shape index (κ3) is 5.70. The predicted octanol–water partition coefficient (Wildman–Crippen LogP) is 17.2. The molecule has 14 rings (SSSR count). The number of thioether (sulfide) groups is 1. The zero-order valence-electron chi connectivity index (χ0n) is 36.7. The zero-order valence-corrected chi connectivity index (χ0v) is 37.5. The minimum Gasteiger partial charge on any atom is -0.310 e. The second kappa shape index (κ2) is 15.1. The van der Waals surface area contributed by atoms with E-state index in [4.69, 9.17) is 0 Å². The van der Waals surface area contributed by atoms with Crippen LogP contribution in [0.15, 0.2) is 254 Å². The molecule has 314 valence electrons. The molecule has 67 heavy (non-hydrogen) atoms. The maximum Gasteiger partial charge on any atom is 0.0726 e. The average Bonchev–Trinajstić information content (AvgIpc) is 4.03. The van der Waals surface area contributed by atoms with Crippen LogP contribution >= 0.6 is 11.8 Å². The van der Waals surface area contributed by atoms with Crippen LogP contribution in [0.2, 0.25) is 0 Å². The maximum absolute atomic E-state index is 2.51. The monoisotopic (exact) mass is 869 g/mol. The fraction of sp³-hybridized carbons (Fsp3) is 0.0462. The van der Waals surface area contributed by atoms with Gasteiger partial charge in [-0.25, -0.2) is 0 Å². The van der Waals surface area contributed by atoms with Crippen LogP contribution in [-0.2, 0) is 5.41 Å². The summed E-state index contributed by atoms with van der Waals surface area (Å²) < 4.78 is 0. The van der Waals surface area contributed by atoms with Crippen molar-refractivity contribution in [2.45, 2.75) is 21.5 Å². The molecule has 0 saturated carbocycles. The van der Waals surface area contributed by atoms with E-state index in [9.17, 15) is 0 Å². The van der Waals surface area contributed by atoms with E-state index in [-0.39, 0.29) is 0 Å². The van der Waals surface area contributed by atoms with Crippen LogP contribution < -0.4 is 4.90 Å². The second-order valence-corrected chi connectivity index (χ2v) is 19.4. The first-order chi connectivity index (χ1) is 33.2. The lowest BCUT2D eigenvalue weighted by molar-refractivity contribution is 0.793. The molecule has 4 aliphatic rings. The van der Waals surface area contributed by atoms with Crippen molar-refractivity contribution in [3.8, 4) is 44.5 Å². The quantitative estimate of drug-likeness (QED) is 0.164. The van der Waals surface area contributed by atoms with Crippen molar-refractivity contribution in [2.24, 2.45) is 0 Å². The molecule has 1 aliphatic heterocycles. The van der Waals surface area contributed by atoms with Gasteiger partial charge in [-0.3, -0.25) is 0 Å². The van der Waals surface area contributed by atoms with E-state index in [0.717, 1.165) is 17.1 Å². The highest BCUT2D eigenvalue weighted by Gasteiger charge is 2.51. The molecule has 0 N–H and O–H groups in total. The SMILES string of the molecule is C1=CC2c3ccccc3SC2C(c2ccc(N(c3cccc(-c4ccc5ccccc5c4-c4ccccc4)c3)c3ccc4c(c3)C3(c5ccccc5-c5ccccc53)c3ccccc3-4)cc2)=C1. The lowest BCUT2D eigenvalue weighted by atomic mass is 9.70. The normalized spacial score (nSPS) is 16.4. The average molecular weight is 870 g/mol. The third-order valence-corrected chi connectivity index (χ3v) is 16.3. The van der Waals surface area contributed by atoms with E-state index in [2.05, 4.69) is 254 Å². The summed E-state index contributed by atoms with van der Waals surface area (Å²) in [6.45, 7) is 0. The Balaban J connectivity index is 0.961. The first-order valence-electron chi connectivity index (χ1n) is 23.4. The Morgan fingerprint density at radius 2 is 1.00 bits per heavy atom. The van der Waals surface area contributed by atoms with Crippen LogP contribution in [0.5, 0.6) is 0 Å². The van der Waals surface area contributed by atoms with Gasteiger partial charge in [0.05, 0.1) is 5.41 Å². The standard InChI is InChI=1S/C65H43NS/c1-2-17-44(18-3-1)63-49-21-5-4-16-42(49)34-38-50(63)45-19-14-20-47(40-45)66(46-35-32-43(33-36-46)51-26-15-27-57-56-25-9-13-31-62(56)67-64(51)57)48-37-39-55-54-24-8-12-30-60(54)65(61(55)41-48)58-28-10-6-22-52(58)53-23-7-11-29-59(53)65/h1-41,57,64H. The number of benzene rings is 10. The highest BCUT2D eigenvalue weighted by Crippen LogP contribution is 2.63. The molecule has 0 saturated heterocycles. The highest BCUT2D eigenvalue weighted by molar-refractivity contribution is 8.00. The van der Waals surface area contributed by atoms with Gasteiger partial charge in [0.15, 0.2) is 0 Å². The lowest BCUT2D eigenvalue weighted by Gasteiger charge is -2.32. The minimum absolute atomic E-state index is 0.355. The summed E-state index contributed by atoms with van der Waals surface area (Å²) in [4.78, 5) is 3.88. The van der Waals surface area contributed by atoms with Gasteiger partial charge in [-0.05, 0) is 137 Å². The number of allylic oxidation sites excluding steroid dienone is 3. The molecule has 10 aromatic carbocycles. The van der Waals surface area contributed by atoms with Gasteiger partial charge in [-0.15, -0.1) is 11.8 Å². The van der Waals surface area contributed by atoms with Crippen molar-refractivity contribution in [3.05, 3.63) is 282 Å². The molecule has 1 nitrogen and oxygen atoms in total. The molecular weight excluding hydrogens is 827 g/mol. The van der Waals surface area contributed by atoms with Crippen molar-refractivity contribution in [1.29, 1.82) is 0 Å². The largest absolute Gasteiger partial charge is 0.310 e. The number of hydrogen-bond acceptors (Lipinski definition) is 2. The van der Waals surface area contributed by atoms with Gasteiger partial charge < -0.3 is 4.90 Å². The highest BCUT2D eigenvalue weighted by atomic mass is 32.2. The number of rotatable bonds is 6. The molecule has 0 amide bonds. The second-order valence-electron chi connectivity index (χ2n) is 18.2. The van der Waals surface area contributed by atoms with E-state index in [1.54, 1.807) is 0 Å². The van der Waals surface area contributed by atoms with Crippen molar-refractivity contribution in [3.63, 3.8) is 0 Å². The molecule has 1 spiro atoms. The molecular formula is C65H43NS. The van der Waals surface area contributed by atoms with Crippen LogP contribution in [0.4, 0.5) is 17.1 Å². The van der Waals surface area contributed by atoms with Crippen LogP contribution in [0.25, 0.3) is 60.9 Å². The van der Waals surface area contributed by atoms with Crippen molar-refractivity contribution >= 4 is 45.2 Å². The Hall–Kier alpha value is -7.91. The van der Waals surface area contributed by atoms with Gasteiger partial charge in [0, 0.05) is 33.1 Å². The zero-order chi connectivity index (χ0) is 44.1. The van der Waals surface area contributed by atoms with Gasteiger partial charge in [0.25, 0.3) is 0 Å². The van der Waals surface area contributed by atoms with Gasteiger partial charge in [-0.2, -0.15) is 0 Å². The maximum atomic E-state index is 2.51. The first-order valence-corrected chi connectivity index (χ1v) is 24.3. The summed E-state index contributed by atoms with van der Waals surface area (Å²) in [5, 5.41) is 2.84. The Morgan fingerprint density at radius 1 is 0.403 bits per heavy atom. The molecule has 2 heteroatoms. The molecule has 3 aliphatic carbocycles. The third-order valence-electron chi connectivity index (χ3n) is 14.9. The van der Waals surface area contributed by atoms with Gasteiger partial charge in [0.1, 0.15) is 0 Å². The summed E-state index contributed by atoms with van der Waals surface area (Å²) in [7, 11) is 0. The van der Waals surface area contributed by atoms with E-state index < -0.39 is 5.41 Å². The molecule has 2 unspecified atom stereocenters. The summed E-state index contributed by atoms with van der Waals surface area (Å²) in [5.41, 5.74) is 22.4. The van der Waals surface area contributed by atoms with Gasteiger partial charge in [-0.1, -0.05) is 206 Å². The summed E-state index contributed by atoms with van der Waals surface area (Å²) >= 11 is 2.00.